The van der Waals surface area contributed by atoms with E-state index in [0.29, 0.717) is 17.6 Å². The van der Waals surface area contributed by atoms with E-state index in [-0.39, 0.29) is 0 Å². The molecule has 2 unspecified atom stereocenters. The van der Waals surface area contributed by atoms with E-state index in [1.807, 2.05) is 0 Å². The van der Waals surface area contributed by atoms with Gasteiger partial charge in [0.1, 0.15) is 0 Å². The van der Waals surface area contributed by atoms with Crippen LogP contribution in [-0.2, 0) is 4.74 Å². The Kier molecular flexibility index (Phi) is 4.87. The Morgan fingerprint density at radius 2 is 1.88 bits per heavy atom. The van der Waals surface area contributed by atoms with Gasteiger partial charge in [-0.2, -0.15) is 0 Å². The van der Waals surface area contributed by atoms with Gasteiger partial charge >= 0.3 is 0 Å². The first-order valence-corrected chi connectivity index (χ1v) is 7.67. The molecule has 0 aromatic carbocycles. The van der Waals surface area contributed by atoms with Crippen LogP contribution < -0.4 is 5.73 Å². The zero-order valence-corrected chi connectivity index (χ0v) is 11.4. The number of unbranched alkanes of at least 4 members (excludes halogenated alkanes) is 3. The third-order valence-electron chi connectivity index (χ3n) is 4.95. The lowest BCUT2D eigenvalue weighted by atomic mass is 9.55. The second-order valence-electron chi connectivity index (χ2n) is 6.06. The lowest BCUT2D eigenvalue weighted by molar-refractivity contribution is -0.143. The molecule has 0 aromatic heterocycles. The molecule has 0 bridgehead atoms. The standard InChI is InChI=1S/C15H29NO/c1-2-3-4-8-11-17-14-12-13(16)15(14)9-6-5-7-10-15/h13-14H,2-12,16H2,1H3. The lowest BCUT2D eigenvalue weighted by Crippen LogP contribution is -2.62. The van der Waals surface area contributed by atoms with E-state index in [1.54, 1.807) is 0 Å². The highest BCUT2D eigenvalue weighted by Crippen LogP contribution is 2.52. The molecule has 2 aliphatic carbocycles. The monoisotopic (exact) mass is 239 g/mol. The quantitative estimate of drug-likeness (QED) is 0.718. The molecule has 0 radical (unpaired) electrons. The smallest absolute Gasteiger partial charge is 0.0661 e. The molecule has 0 heterocycles. The van der Waals surface area contributed by atoms with Crippen molar-refractivity contribution >= 4 is 0 Å². The molecule has 100 valence electrons. The fourth-order valence-corrected chi connectivity index (χ4v) is 3.67. The molecule has 17 heavy (non-hydrogen) atoms. The van der Waals surface area contributed by atoms with Crippen LogP contribution in [0, 0.1) is 5.41 Å². The van der Waals surface area contributed by atoms with Crippen LogP contribution in [0.15, 0.2) is 0 Å². The second kappa shape index (κ2) is 6.19. The Balaban J connectivity index is 1.70. The van der Waals surface area contributed by atoms with Crippen molar-refractivity contribution in [2.45, 2.75) is 83.3 Å². The van der Waals surface area contributed by atoms with E-state index in [4.69, 9.17) is 10.5 Å². The molecule has 0 amide bonds. The zero-order valence-electron chi connectivity index (χ0n) is 11.4. The average molecular weight is 239 g/mol. The summed E-state index contributed by atoms with van der Waals surface area (Å²) in [6.07, 6.45) is 13.5. The summed E-state index contributed by atoms with van der Waals surface area (Å²) in [5.41, 5.74) is 6.63. The van der Waals surface area contributed by atoms with Gasteiger partial charge in [0.25, 0.3) is 0 Å². The summed E-state index contributed by atoms with van der Waals surface area (Å²) in [4.78, 5) is 0. The van der Waals surface area contributed by atoms with Gasteiger partial charge in [-0.1, -0.05) is 45.4 Å². The van der Waals surface area contributed by atoms with Crippen LogP contribution in [0.4, 0.5) is 0 Å². The minimum absolute atomic E-state index is 0.378. The molecule has 2 fully saturated rings. The molecule has 2 aliphatic rings. The molecular weight excluding hydrogens is 210 g/mol. The fraction of sp³-hybridized carbons (Fsp3) is 1.00. The van der Waals surface area contributed by atoms with Gasteiger partial charge in [0.15, 0.2) is 0 Å². The van der Waals surface area contributed by atoms with Crippen LogP contribution in [0.3, 0.4) is 0 Å². The molecule has 0 aromatic rings. The summed E-state index contributed by atoms with van der Waals surface area (Å²) >= 11 is 0. The maximum absolute atomic E-state index is 6.25. The third kappa shape index (κ3) is 2.85. The Morgan fingerprint density at radius 1 is 1.12 bits per heavy atom. The lowest BCUT2D eigenvalue weighted by Gasteiger charge is -2.56. The van der Waals surface area contributed by atoms with Crippen molar-refractivity contribution in [1.82, 2.24) is 0 Å². The molecule has 0 saturated heterocycles. The van der Waals surface area contributed by atoms with Crippen LogP contribution in [0.1, 0.15) is 71.1 Å². The van der Waals surface area contributed by atoms with Gasteiger partial charge in [0.2, 0.25) is 0 Å². The molecule has 2 atom stereocenters. The average Bonchev–Trinajstić information content (AvgIpc) is 2.38. The fourth-order valence-electron chi connectivity index (χ4n) is 3.67. The minimum Gasteiger partial charge on any atom is -0.378 e. The zero-order chi connectivity index (χ0) is 12.1. The van der Waals surface area contributed by atoms with Gasteiger partial charge in [0.05, 0.1) is 6.10 Å². The number of nitrogens with two attached hydrogens (primary N) is 1. The number of rotatable bonds is 6. The molecule has 2 saturated carbocycles. The van der Waals surface area contributed by atoms with Crippen molar-refractivity contribution in [1.29, 1.82) is 0 Å². The van der Waals surface area contributed by atoms with Gasteiger partial charge in [-0.25, -0.2) is 0 Å². The van der Waals surface area contributed by atoms with E-state index < -0.39 is 0 Å². The molecule has 2 N–H and O–H groups in total. The Morgan fingerprint density at radius 3 is 2.53 bits per heavy atom. The third-order valence-corrected chi connectivity index (χ3v) is 4.95. The van der Waals surface area contributed by atoms with Gasteiger partial charge in [-0.05, 0) is 25.7 Å². The second-order valence-corrected chi connectivity index (χ2v) is 6.06. The van der Waals surface area contributed by atoms with Crippen LogP contribution in [0.5, 0.6) is 0 Å². The van der Waals surface area contributed by atoms with E-state index >= 15 is 0 Å². The summed E-state index contributed by atoms with van der Waals surface area (Å²) in [5.74, 6) is 0. The molecule has 1 spiro atoms. The summed E-state index contributed by atoms with van der Waals surface area (Å²) < 4.78 is 6.11. The van der Waals surface area contributed by atoms with Crippen molar-refractivity contribution in [3.05, 3.63) is 0 Å². The van der Waals surface area contributed by atoms with Gasteiger partial charge < -0.3 is 10.5 Å². The summed E-state index contributed by atoms with van der Waals surface area (Å²) in [6, 6.07) is 0.420. The minimum atomic E-state index is 0.378. The number of hydrogen-bond acceptors (Lipinski definition) is 2. The van der Waals surface area contributed by atoms with Crippen LogP contribution in [-0.4, -0.2) is 18.8 Å². The Hall–Kier alpha value is -0.0800. The Labute approximate surface area is 106 Å². The van der Waals surface area contributed by atoms with E-state index in [1.165, 1.54) is 57.8 Å². The highest BCUT2D eigenvalue weighted by Gasteiger charge is 2.53. The summed E-state index contributed by atoms with van der Waals surface area (Å²) in [7, 11) is 0. The maximum Gasteiger partial charge on any atom is 0.0661 e. The summed E-state index contributed by atoms with van der Waals surface area (Å²) in [5, 5.41) is 0. The predicted octanol–water partition coefficient (Wildman–Crippen LogP) is 3.63. The largest absolute Gasteiger partial charge is 0.378 e. The van der Waals surface area contributed by atoms with Crippen molar-refractivity contribution in [2.24, 2.45) is 11.1 Å². The molecule has 2 rings (SSSR count). The first-order chi connectivity index (χ1) is 8.29. The Bertz CT molecular complexity index is 223. The molecule has 0 aliphatic heterocycles. The summed E-state index contributed by atoms with van der Waals surface area (Å²) in [6.45, 7) is 3.21. The first-order valence-electron chi connectivity index (χ1n) is 7.67. The van der Waals surface area contributed by atoms with Crippen molar-refractivity contribution in [3.8, 4) is 0 Å². The SMILES string of the molecule is CCCCCCOC1CC(N)C12CCCCC2. The highest BCUT2D eigenvalue weighted by atomic mass is 16.5. The van der Waals surface area contributed by atoms with Crippen molar-refractivity contribution < 1.29 is 4.74 Å². The van der Waals surface area contributed by atoms with Gasteiger partial charge in [0, 0.05) is 18.1 Å². The first kappa shape index (κ1) is 13.4. The van der Waals surface area contributed by atoms with Gasteiger partial charge in [-0.3, -0.25) is 0 Å². The predicted molar refractivity (Wildman–Crippen MR) is 72.0 cm³/mol. The van der Waals surface area contributed by atoms with E-state index in [0.717, 1.165) is 13.0 Å². The van der Waals surface area contributed by atoms with Crippen LogP contribution in [0.2, 0.25) is 0 Å². The molecule has 2 heteroatoms. The highest BCUT2D eigenvalue weighted by molar-refractivity contribution is 5.07. The van der Waals surface area contributed by atoms with Crippen molar-refractivity contribution in [2.75, 3.05) is 6.61 Å². The van der Waals surface area contributed by atoms with Crippen molar-refractivity contribution in [3.63, 3.8) is 0 Å². The number of ether oxygens (including phenoxy) is 1. The maximum atomic E-state index is 6.25. The number of hydrogen-bond donors (Lipinski definition) is 1. The van der Waals surface area contributed by atoms with Crippen LogP contribution in [0.25, 0.3) is 0 Å². The molecular formula is C15H29NO. The normalized spacial score (nSPS) is 31.4. The topological polar surface area (TPSA) is 35.2 Å². The van der Waals surface area contributed by atoms with E-state index in [2.05, 4.69) is 6.92 Å². The van der Waals surface area contributed by atoms with Gasteiger partial charge in [-0.15, -0.1) is 0 Å². The van der Waals surface area contributed by atoms with Crippen LogP contribution >= 0.6 is 0 Å². The van der Waals surface area contributed by atoms with E-state index in [9.17, 15) is 0 Å². The molecule has 2 nitrogen and oxygen atoms in total.